The molecule has 0 radical (unpaired) electrons. The highest BCUT2D eigenvalue weighted by molar-refractivity contribution is 9.11. The van der Waals surface area contributed by atoms with Gasteiger partial charge in [-0.25, -0.2) is 0 Å². The molecule has 0 saturated carbocycles. The number of phenolic OH excluding ortho intramolecular Hbond substituents is 1. The number of halogens is 2. The summed E-state index contributed by atoms with van der Waals surface area (Å²) in [6.07, 6.45) is 0.696. The second-order valence-corrected chi connectivity index (χ2v) is 5.78. The van der Waals surface area contributed by atoms with Crippen LogP contribution >= 0.6 is 31.9 Å². The maximum absolute atomic E-state index is 9.61. The van der Waals surface area contributed by atoms with E-state index in [0.29, 0.717) is 33.6 Å². The first-order valence-electron chi connectivity index (χ1n) is 5.73. The van der Waals surface area contributed by atoms with E-state index in [2.05, 4.69) is 47.3 Å². The van der Waals surface area contributed by atoms with Crippen LogP contribution in [-0.2, 0) is 13.0 Å². The lowest BCUT2D eigenvalue weighted by molar-refractivity contribution is 0.372. The summed E-state index contributed by atoms with van der Waals surface area (Å²) >= 11 is 6.61. The minimum absolute atomic E-state index is 0.213. The van der Waals surface area contributed by atoms with Gasteiger partial charge in [-0.2, -0.15) is 4.98 Å². The zero-order valence-corrected chi connectivity index (χ0v) is 13.5. The molecule has 0 unspecified atom stereocenters. The zero-order valence-electron chi connectivity index (χ0n) is 10.3. The van der Waals surface area contributed by atoms with Gasteiger partial charge >= 0.3 is 0 Å². The number of nitrogens with zero attached hydrogens (tertiary/aromatic N) is 2. The quantitative estimate of drug-likeness (QED) is 0.768. The van der Waals surface area contributed by atoms with Crippen molar-refractivity contribution in [3.8, 4) is 5.75 Å². The first-order valence-corrected chi connectivity index (χ1v) is 7.31. The van der Waals surface area contributed by atoms with E-state index in [1.165, 1.54) is 0 Å². The molecular weight excluding hydrogens is 378 g/mol. The molecule has 0 aliphatic heterocycles. The van der Waals surface area contributed by atoms with Crippen molar-refractivity contribution in [2.24, 2.45) is 0 Å². The number of hydrogen-bond donors (Lipinski definition) is 2. The van der Waals surface area contributed by atoms with E-state index in [-0.39, 0.29) is 5.75 Å². The average molecular weight is 391 g/mol. The van der Waals surface area contributed by atoms with Gasteiger partial charge < -0.3 is 14.9 Å². The molecule has 0 saturated heterocycles. The van der Waals surface area contributed by atoms with Crippen molar-refractivity contribution in [2.45, 2.75) is 19.9 Å². The van der Waals surface area contributed by atoms with Gasteiger partial charge in [0.1, 0.15) is 5.75 Å². The lowest BCUT2D eigenvalue weighted by atomic mass is 10.2. The number of rotatable bonds is 5. The molecule has 5 nitrogen and oxygen atoms in total. The molecule has 1 heterocycles. The van der Waals surface area contributed by atoms with Gasteiger partial charge in [0.15, 0.2) is 5.82 Å². The number of benzene rings is 1. The molecule has 0 aliphatic rings. The van der Waals surface area contributed by atoms with E-state index >= 15 is 0 Å². The summed E-state index contributed by atoms with van der Waals surface area (Å²) in [6.45, 7) is 3.24. The Labute approximate surface area is 127 Å². The van der Waals surface area contributed by atoms with Gasteiger partial charge in [0.05, 0.1) is 8.95 Å². The van der Waals surface area contributed by atoms with Crippen LogP contribution in [0.3, 0.4) is 0 Å². The van der Waals surface area contributed by atoms with Crippen molar-refractivity contribution in [3.05, 3.63) is 38.4 Å². The largest absolute Gasteiger partial charge is 0.506 e. The molecule has 2 rings (SSSR count). The minimum Gasteiger partial charge on any atom is -0.506 e. The van der Waals surface area contributed by atoms with Gasteiger partial charge in [0.2, 0.25) is 5.89 Å². The molecule has 0 aliphatic carbocycles. The maximum atomic E-state index is 9.61. The third-order valence-corrected chi connectivity index (χ3v) is 3.70. The summed E-state index contributed by atoms with van der Waals surface area (Å²) in [6, 6.07) is 3.76. The Morgan fingerprint density at radius 1 is 1.32 bits per heavy atom. The van der Waals surface area contributed by atoms with Crippen molar-refractivity contribution < 1.29 is 9.63 Å². The average Bonchev–Trinajstić information content (AvgIpc) is 2.77. The van der Waals surface area contributed by atoms with Gasteiger partial charge in [-0.3, -0.25) is 0 Å². The summed E-state index contributed by atoms with van der Waals surface area (Å²) in [5, 5.41) is 16.6. The van der Waals surface area contributed by atoms with Gasteiger partial charge in [-0.05, 0) is 56.5 Å². The Morgan fingerprint density at radius 2 is 2.00 bits per heavy atom. The van der Waals surface area contributed by atoms with Gasteiger partial charge in [-0.15, -0.1) is 0 Å². The standard InChI is InChI=1S/C12H13Br2N3O2/c1-7-16-11(19-17-7)2-3-15-6-8-4-9(13)12(18)10(14)5-8/h4-5,15,18H,2-3,6H2,1H3. The van der Waals surface area contributed by atoms with Crippen LogP contribution in [0.15, 0.2) is 25.6 Å². The number of aromatic hydroxyl groups is 1. The number of aromatic nitrogens is 2. The molecule has 0 fully saturated rings. The van der Waals surface area contributed by atoms with Crippen LogP contribution in [0.1, 0.15) is 17.3 Å². The second-order valence-electron chi connectivity index (χ2n) is 4.07. The van der Waals surface area contributed by atoms with E-state index in [9.17, 15) is 5.11 Å². The molecule has 7 heteroatoms. The molecule has 0 atom stereocenters. The molecule has 102 valence electrons. The number of phenols is 1. The zero-order chi connectivity index (χ0) is 13.8. The first-order chi connectivity index (χ1) is 9.06. The van der Waals surface area contributed by atoms with E-state index < -0.39 is 0 Å². The summed E-state index contributed by atoms with van der Waals surface area (Å²) in [7, 11) is 0. The van der Waals surface area contributed by atoms with Gasteiger partial charge in [-0.1, -0.05) is 5.16 Å². The predicted molar refractivity (Wildman–Crippen MR) is 78.0 cm³/mol. The molecule has 2 aromatic rings. The summed E-state index contributed by atoms with van der Waals surface area (Å²) in [5.41, 5.74) is 1.07. The van der Waals surface area contributed by atoms with Gasteiger partial charge in [0, 0.05) is 19.5 Å². The molecule has 0 amide bonds. The van der Waals surface area contributed by atoms with E-state index in [1.807, 2.05) is 12.1 Å². The molecular formula is C12H13Br2N3O2. The van der Waals surface area contributed by atoms with Crippen molar-refractivity contribution >= 4 is 31.9 Å². The number of hydrogen-bond acceptors (Lipinski definition) is 5. The third-order valence-electron chi connectivity index (χ3n) is 2.49. The highest BCUT2D eigenvalue weighted by Crippen LogP contribution is 2.33. The Kier molecular flexibility index (Phi) is 4.95. The summed E-state index contributed by atoms with van der Waals surface area (Å²) < 4.78 is 6.37. The molecule has 0 spiro atoms. The molecule has 2 N–H and O–H groups in total. The van der Waals surface area contributed by atoms with Crippen molar-refractivity contribution in [1.82, 2.24) is 15.5 Å². The highest BCUT2D eigenvalue weighted by Gasteiger charge is 2.06. The van der Waals surface area contributed by atoms with Crippen molar-refractivity contribution in [3.63, 3.8) is 0 Å². The maximum Gasteiger partial charge on any atom is 0.227 e. The number of nitrogens with one attached hydrogen (secondary N) is 1. The molecule has 1 aromatic carbocycles. The van der Waals surface area contributed by atoms with E-state index in [0.717, 1.165) is 12.1 Å². The molecule has 0 bridgehead atoms. The molecule has 19 heavy (non-hydrogen) atoms. The molecule has 1 aromatic heterocycles. The predicted octanol–water partition coefficient (Wildman–Crippen LogP) is 2.94. The van der Waals surface area contributed by atoms with Crippen LogP contribution in [0.2, 0.25) is 0 Å². The fourth-order valence-electron chi connectivity index (χ4n) is 1.59. The van der Waals surface area contributed by atoms with E-state index in [1.54, 1.807) is 6.92 Å². The van der Waals surface area contributed by atoms with Crippen molar-refractivity contribution in [2.75, 3.05) is 6.54 Å². The Bertz CT molecular complexity index is 549. The van der Waals surface area contributed by atoms with Crippen LogP contribution in [-0.4, -0.2) is 21.8 Å². The Morgan fingerprint density at radius 3 is 2.58 bits per heavy atom. The fourth-order valence-corrected chi connectivity index (χ4v) is 2.87. The van der Waals surface area contributed by atoms with Crippen molar-refractivity contribution in [1.29, 1.82) is 0 Å². The van der Waals surface area contributed by atoms with Crippen LogP contribution in [0.5, 0.6) is 5.75 Å². The highest BCUT2D eigenvalue weighted by atomic mass is 79.9. The summed E-state index contributed by atoms with van der Waals surface area (Å²) in [4.78, 5) is 4.13. The first kappa shape index (κ1) is 14.5. The van der Waals surface area contributed by atoms with Gasteiger partial charge in [0.25, 0.3) is 0 Å². The topological polar surface area (TPSA) is 71.2 Å². The lowest BCUT2D eigenvalue weighted by Crippen LogP contribution is -2.16. The summed E-state index contributed by atoms with van der Waals surface area (Å²) in [5.74, 6) is 1.50. The minimum atomic E-state index is 0.213. The third kappa shape index (κ3) is 4.02. The SMILES string of the molecule is Cc1noc(CCNCc2cc(Br)c(O)c(Br)c2)n1. The Hall–Kier alpha value is -0.920. The van der Waals surface area contributed by atoms with Crippen LogP contribution < -0.4 is 5.32 Å². The number of aryl methyl sites for hydroxylation is 1. The smallest absolute Gasteiger partial charge is 0.227 e. The Balaban J connectivity index is 1.83. The fraction of sp³-hybridized carbons (Fsp3) is 0.333. The lowest BCUT2D eigenvalue weighted by Gasteiger charge is -2.07. The monoisotopic (exact) mass is 389 g/mol. The van der Waals surface area contributed by atoms with Crippen LogP contribution in [0.4, 0.5) is 0 Å². The second kappa shape index (κ2) is 6.49. The van der Waals surface area contributed by atoms with Crippen LogP contribution in [0.25, 0.3) is 0 Å². The van der Waals surface area contributed by atoms with Crippen LogP contribution in [0, 0.1) is 6.92 Å². The van der Waals surface area contributed by atoms with E-state index in [4.69, 9.17) is 4.52 Å². The normalized spacial score (nSPS) is 10.9.